The number of hydrogen-bond donors (Lipinski definition) is 2. The van der Waals surface area contributed by atoms with E-state index >= 15 is 0 Å². The fourth-order valence-electron chi connectivity index (χ4n) is 3.62. The maximum Gasteiger partial charge on any atom is 0.225 e. The highest BCUT2D eigenvalue weighted by Crippen LogP contribution is 2.24. The number of amides is 1. The summed E-state index contributed by atoms with van der Waals surface area (Å²) in [6.45, 7) is 3.91. The van der Waals surface area contributed by atoms with E-state index in [1.54, 1.807) is 6.07 Å². The molecule has 1 aliphatic heterocycles. The average molecular weight is 366 g/mol. The first-order valence-electron chi connectivity index (χ1n) is 9.32. The summed E-state index contributed by atoms with van der Waals surface area (Å²) in [5.74, 6) is 0.446. The number of halogens is 1. The summed E-state index contributed by atoms with van der Waals surface area (Å²) in [5.41, 5.74) is 3.91. The van der Waals surface area contributed by atoms with Crippen molar-refractivity contribution in [1.29, 1.82) is 0 Å². The van der Waals surface area contributed by atoms with Crippen molar-refractivity contribution in [2.75, 3.05) is 18.0 Å². The third kappa shape index (κ3) is 3.94. The highest BCUT2D eigenvalue weighted by atomic mass is 19.1. The molecule has 1 fully saturated rings. The first-order valence-corrected chi connectivity index (χ1v) is 9.32. The monoisotopic (exact) mass is 366 g/mol. The van der Waals surface area contributed by atoms with E-state index in [-0.39, 0.29) is 17.6 Å². The molecule has 4 rings (SSSR count). The molecular formula is C21H23FN4O. The molecule has 0 spiro atoms. The third-order valence-corrected chi connectivity index (χ3v) is 5.07. The zero-order chi connectivity index (χ0) is 18.8. The number of carbonyl (C=O) groups excluding carboxylic acids is 1. The molecule has 1 amide bonds. The molecule has 0 aliphatic carbocycles. The van der Waals surface area contributed by atoms with Gasteiger partial charge in [0, 0.05) is 19.6 Å². The Balaban J connectivity index is 1.41. The topological polar surface area (TPSA) is 61.0 Å². The van der Waals surface area contributed by atoms with Gasteiger partial charge < -0.3 is 15.2 Å². The fourth-order valence-corrected chi connectivity index (χ4v) is 3.62. The van der Waals surface area contributed by atoms with E-state index in [1.165, 1.54) is 17.7 Å². The molecule has 0 bridgehead atoms. The predicted molar refractivity (Wildman–Crippen MR) is 104 cm³/mol. The minimum atomic E-state index is -0.286. The zero-order valence-electron chi connectivity index (χ0n) is 15.3. The van der Waals surface area contributed by atoms with Crippen molar-refractivity contribution in [3.05, 3.63) is 59.4 Å². The molecule has 1 aromatic heterocycles. The Labute approximate surface area is 157 Å². The number of anilines is 1. The van der Waals surface area contributed by atoms with Gasteiger partial charge in [0.15, 0.2) is 0 Å². The fraction of sp³-hybridized carbons (Fsp3) is 0.333. The predicted octanol–water partition coefficient (Wildman–Crippen LogP) is 3.54. The minimum absolute atomic E-state index is 0.0101. The van der Waals surface area contributed by atoms with Gasteiger partial charge in [-0.1, -0.05) is 18.2 Å². The van der Waals surface area contributed by atoms with Gasteiger partial charge in [-0.2, -0.15) is 0 Å². The Kier molecular flexibility index (Phi) is 4.79. The van der Waals surface area contributed by atoms with Crippen molar-refractivity contribution in [2.45, 2.75) is 26.3 Å². The average Bonchev–Trinajstić information content (AvgIpc) is 3.09. The van der Waals surface area contributed by atoms with Crippen molar-refractivity contribution in [3.8, 4) is 0 Å². The van der Waals surface area contributed by atoms with Crippen LogP contribution in [-0.4, -0.2) is 29.0 Å². The lowest BCUT2D eigenvalue weighted by atomic mass is 9.97. The lowest BCUT2D eigenvalue weighted by molar-refractivity contribution is -0.125. The summed E-state index contributed by atoms with van der Waals surface area (Å²) in [6, 6.07) is 12.5. The number of aromatic nitrogens is 2. The van der Waals surface area contributed by atoms with Gasteiger partial charge in [0.25, 0.3) is 0 Å². The summed E-state index contributed by atoms with van der Waals surface area (Å²) in [6.07, 6.45) is 1.79. The van der Waals surface area contributed by atoms with E-state index in [0.717, 1.165) is 41.9 Å². The van der Waals surface area contributed by atoms with E-state index in [9.17, 15) is 9.18 Å². The standard InChI is InChI=1S/C21H23FN4O/c1-14-7-8-18-19(10-14)25-21(24-18)26-9-3-5-16(13-26)20(27)23-12-15-4-2-6-17(22)11-15/h2,4,6-8,10-11,16H,3,5,9,12-13H2,1H3,(H,23,27)(H,24,25). The Bertz CT molecular complexity index is 968. The van der Waals surface area contributed by atoms with Crippen LogP contribution in [0, 0.1) is 18.7 Å². The lowest BCUT2D eigenvalue weighted by Gasteiger charge is -2.31. The lowest BCUT2D eigenvalue weighted by Crippen LogP contribution is -2.43. The largest absolute Gasteiger partial charge is 0.352 e. The number of fused-ring (bicyclic) bond motifs is 1. The number of aryl methyl sites for hydroxylation is 1. The number of nitrogens with zero attached hydrogens (tertiary/aromatic N) is 2. The van der Waals surface area contributed by atoms with Gasteiger partial charge in [0.2, 0.25) is 11.9 Å². The van der Waals surface area contributed by atoms with Crippen LogP contribution in [-0.2, 0) is 11.3 Å². The molecule has 1 unspecified atom stereocenters. The molecule has 2 N–H and O–H groups in total. The number of aromatic amines is 1. The Morgan fingerprint density at radius 2 is 2.22 bits per heavy atom. The molecule has 0 radical (unpaired) electrons. The van der Waals surface area contributed by atoms with Crippen LogP contribution in [0.25, 0.3) is 11.0 Å². The van der Waals surface area contributed by atoms with Crippen LogP contribution < -0.4 is 10.2 Å². The summed E-state index contributed by atoms with van der Waals surface area (Å²) in [4.78, 5) is 22.8. The van der Waals surface area contributed by atoms with E-state index < -0.39 is 0 Å². The number of rotatable bonds is 4. The number of nitrogens with one attached hydrogen (secondary N) is 2. The van der Waals surface area contributed by atoms with Gasteiger partial charge >= 0.3 is 0 Å². The second kappa shape index (κ2) is 7.39. The highest BCUT2D eigenvalue weighted by Gasteiger charge is 2.27. The molecule has 5 nitrogen and oxygen atoms in total. The molecule has 1 saturated heterocycles. The summed E-state index contributed by atoms with van der Waals surface area (Å²) in [5, 5.41) is 2.94. The molecule has 3 aromatic rings. The van der Waals surface area contributed by atoms with Crippen molar-refractivity contribution in [2.24, 2.45) is 5.92 Å². The van der Waals surface area contributed by atoms with E-state index in [2.05, 4.69) is 33.2 Å². The van der Waals surface area contributed by atoms with Crippen LogP contribution >= 0.6 is 0 Å². The molecule has 1 atom stereocenters. The van der Waals surface area contributed by atoms with Crippen LogP contribution in [0.1, 0.15) is 24.0 Å². The number of piperidine rings is 1. The highest BCUT2D eigenvalue weighted by molar-refractivity contribution is 5.80. The van der Waals surface area contributed by atoms with Gasteiger partial charge in [-0.3, -0.25) is 4.79 Å². The first kappa shape index (κ1) is 17.5. The molecule has 6 heteroatoms. The molecule has 140 valence electrons. The minimum Gasteiger partial charge on any atom is -0.352 e. The maximum absolute atomic E-state index is 13.3. The normalized spacial score (nSPS) is 17.3. The second-order valence-electron chi connectivity index (χ2n) is 7.21. The summed E-state index contributed by atoms with van der Waals surface area (Å²) in [7, 11) is 0. The Morgan fingerprint density at radius 3 is 3.07 bits per heavy atom. The van der Waals surface area contributed by atoms with Gasteiger partial charge in [-0.05, 0) is 55.2 Å². The van der Waals surface area contributed by atoms with Crippen LogP contribution in [0.5, 0.6) is 0 Å². The Hall–Kier alpha value is -2.89. The SMILES string of the molecule is Cc1ccc2nc(N3CCCC(C(=O)NCc4cccc(F)c4)C3)[nH]c2c1. The summed E-state index contributed by atoms with van der Waals surface area (Å²) >= 11 is 0. The smallest absolute Gasteiger partial charge is 0.225 e. The maximum atomic E-state index is 13.3. The second-order valence-corrected chi connectivity index (χ2v) is 7.21. The Morgan fingerprint density at radius 1 is 1.33 bits per heavy atom. The zero-order valence-corrected chi connectivity index (χ0v) is 15.3. The van der Waals surface area contributed by atoms with Gasteiger partial charge in [-0.25, -0.2) is 9.37 Å². The molecule has 2 aromatic carbocycles. The van der Waals surface area contributed by atoms with Crippen molar-refractivity contribution < 1.29 is 9.18 Å². The van der Waals surface area contributed by atoms with E-state index in [4.69, 9.17) is 0 Å². The molecule has 27 heavy (non-hydrogen) atoms. The molecule has 2 heterocycles. The van der Waals surface area contributed by atoms with Crippen LogP contribution in [0.3, 0.4) is 0 Å². The van der Waals surface area contributed by atoms with E-state index in [1.807, 2.05) is 18.2 Å². The van der Waals surface area contributed by atoms with Crippen molar-refractivity contribution in [3.63, 3.8) is 0 Å². The summed E-state index contributed by atoms with van der Waals surface area (Å²) < 4.78 is 13.3. The van der Waals surface area contributed by atoms with Gasteiger partial charge in [0.05, 0.1) is 17.0 Å². The van der Waals surface area contributed by atoms with Crippen molar-refractivity contribution in [1.82, 2.24) is 15.3 Å². The third-order valence-electron chi connectivity index (χ3n) is 5.07. The number of benzene rings is 2. The quantitative estimate of drug-likeness (QED) is 0.742. The molecular weight excluding hydrogens is 343 g/mol. The number of H-pyrrole nitrogens is 1. The van der Waals surface area contributed by atoms with Crippen LogP contribution in [0.2, 0.25) is 0 Å². The van der Waals surface area contributed by atoms with E-state index in [0.29, 0.717) is 13.1 Å². The van der Waals surface area contributed by atoms with Crippen molar-refractivity contribution >= 4 is 22.9 Å². The number of carbonyl (C=O) groups is 1. The van der Waals surface area contributed by atoms with Gasteiger partial charge in [-0.15, -0.1) is 0 Å². The number of imidazole rings is 1. The number of hydrogen-bond acceptors (Lipinski definition) is 3. The molecule has 1 aliphatic rings. The van der Waals surface area contributed by atoms with Crippen LogP contribution in [0.15, 0.2) is 42.5 Å². The first-order chi connectivity index (χ1) is 13.1. The van der Waals surface area contributed by atoms with Gasteiger partial charge in [0.1, 0.15) is 5.82 Å². The molecule has 0 saturated carbocycles. The van der Waals surface area contributed by atoms with Crippen LogP contribution in [0.4, 0.5) is 10.3 Å².